The molecule has 0 saturated carbocycles. The molecule has 2 aliphatic rings. The van der Waals surface area contributed by atoms with Crippen LogP contribution in [0, 0.1) is 0 Å². The summed E-state index contributed by atoms with van der Waals surface area (Å²) < 4.78 is 69.5. The predicted octanol–water partition coefficient (Wildman–Crippen LogP) is 6.06. The molecule has 0 spiro atoms. The van der Waals surface area contributed by atoms with Gasteiger partial charge in [0.05, 0.1) is 24.4 Å². The summed E-state index contributed by atoms with van der Waals surface area (Å²) in [5.74, 6) is 0. The van der Waals surface area contributed by atoms with E-state index in [2.05, 4.69) is 19.6 Å². The molecule has 3 heterocycles. The standard InChI is InChI=1S/C29H31ClF5N5O2.CH4O/c30-22-5-8-25(20-3-6-23(7-4-20)38-12-10-37(11-13-38)14-15-42-29(33,34)35)26(16-22)39-9-1-2-24(18-39)40-27(28(31)32)21(19-41)17-36-40;1-2/h3-8,16-17,19,24,28H,1-2,9-15,18H2;2H,1H3. The van der Waals surface area contributed by atoms with Crippen molar-refractivity contribution in [1.82, 2.24) is 14.7 Å². The normalized spacial score (nSPS) is 17.9. The summed E-state index contributed by atoms with van der Waals surface area (Å²) in [6, 6.07) is 13.4. The van der Waals surface area contributed by atoms with Gasteiger partial charge in [0.2, 0.25) is 0 Å². The first kappa shape index (κ1) is 33.6. The van der Waals surface area contributed by atoms with E-state index in [1.807, 2.05) is 47.4 Å². The van der Waals surface area contributed by atoms with Crippen LogP contribution in [0.2, 0.25) is 5.02 Å². The predicted molar refractivity (Wildman–Crippen MR) is 159 cm³/mol. The molecule has 0 amide bonds. The third-order valence-corrected chi connectivity index (χ3v) is 8.06. The van der Waals surface area contributed by atoms with E-state index in [-0.39, 0.29) is 30.5 Å². The lowest BCUT2D eigenvalue weighted by Crippen LogP contribution is -2.47. The van der Waals surface area contributed by atoms with Crippen LogP contribution >= 0.6 is 11.6 Å². The Morgan fingerprint density at radius 3 is 2.39 bits per heavy atom. The van der Waals surface area contributed by atoms with E-state index in [1.54, 1.807) is 0 Å². The molecule has 0 radical (unpaired) electrons. The highest BCUT2D eigenvalue weighted by Crippen LogP contribution is 2.38. The first-order valence-electron chi connectivity index (χ1n) is 14.2. The highest BCUT2D eigenvalue weighted by Gasteiger charge is 2.30. The molecule has 14 heteroatoms. The third-order valence-electron chi connectivity index (χ3n) is 7.83. The number of anilines is 2. The van der Waals surface area contributed by atoms with E-state index in [4.69, 9.17) is 16.7 Å². The van der Waals surface area contributed by atoms with Gasteiger partial charge in [0.1, 0.15) is 5.69 Å². The maximum Gasteiger partial charge on any atom is 0.522 e. The van der Waals surface area contributed by atoms with Gasteiger partial charge in [-0.1, -0.05) is 29.8 Å². The monoisotopic (exact) mass is 643 g/mol. The zero-order valence-electron chi connectivity index (χ0n) is 24.2. The Hall–Kier alpha value is -3.26. The van der Waals surface area contributed by atoms with Crippen LogP contribution < -0.4 is 9.80 Å². The van der Waals surface area contributed by atoms with E-state index in [1.165, 1.54) is 10.9 Å². The number of benzene rings is 2. The van der Waals surface area contributed by atoms with Crippen molar-refractivity contribution in [2.45, 2.75) is 31.7 Å². The molecular formula is C30H35ClF5N5O3. The summed E-state index contributed by atoms with van der Waals surface area (Å²) in [4.78, 5) is 17.6. The van der Waals surface area contributed by atoms with Gasteiger partial charge in [-0.25, -0.2) is 8.78 Å². The van der Waals surface area contributed by atoms with Crippen molar-refractivity contribution < 1.29 is 36.6 Å². The topological polar surface area (TPSA) is 74.1 Å². The van der Waals surface area contributed by atoms with Crippen LogP contribution in [0.3, 0.4) is 0 Å². The second-order valence-electron chi connectivity index (χ2n) is 10.4. The molecule has 1 N–H and O–H groups in total. The number of hydrogen-bond donors (Lipinski definition) is 1. The van der Waals surface area contributed by atoms with E-state index >= 15 is 0 Å². The van der Waals surface area contributed by atoms with Crippen LogP contribution in [-0.4, -0.2) is 92.0 Å². The van der Waals surface area contributed by atoms with Gasteiger partial charge in [0, 0.05) is 74.9 Å². The molecule has 5 rings (SSSR count). The number of nitrogens with zero attached hydrogens (tertiary/aromatic N) is 5. The van der Waals surface area contributed by atoms with Gasteiger partial charge in [-0.05, 0) is 42.7 Å². The quantitative estimate of drug-likeness (QED) is 0.224. The number of alkyl halides is 5. The van der Waals surface area contributed by atoms with Gasteiger partial charge < -0.3 is 14.9 Å². The molecule has 1 aromatic heterocycles. The first-order valence-corrected chi connectivity index (χ1v) is 14.6. The molecule has 1 unspecified atom stereocenters. The molecule has 1 atom stereocenters. The molecule has 8 nitrogen and oxygen atoms in total. The van der Waals surface area contributed by atoms with Crippen LogP contribution in [0.25, 0.3) is 11.1 Å². The highest BCUT2D eigenvalue weighted by molar-refractivity contribution is 6.31. The third kappa shape index (κ3) is 8.26. The number of piperidine rings is 1. The number of ether oxygens (including phenoxy) is 1. The Kier molecular flexibility index (Phi) is 11.6. The van der Waals surface area contributed by atoms with Crippen molar-refractivity contribution in [3.05, 3.63) is 64.9 Å². The number of rotatable bonds is 9. The highest BCUT2D eigenvalue weighted by atomic mass is 35.5. The lowest BCUT2D eigenvalue weighted by Gasteiger charge is -2.37. The number of aldehydes is 1. The average Bonchev–Trinajstić information content (AvgIpc) is 3.47. The van der Waals surface area contributed by atoms with Crippen LogP contribution in [0.1, 0.15) is 41.4 Å². The van der Waals surface area contributed by atoms with Gasteiger partial charge in [0.15, 0.2) is 6.29 Å². The molecule has 2 saturated heterocycles. The Labute approximate surface area is 257 Å². The largest absolute Gasteiger partial charge is 0.522 e. The van der Waals surface area contributed by atoms with E-state index in [9.17, 15) is 26.7 Å². The number of aromatic nitrogens is 2. The fourth-order valence-electron chi connectivity index (χ4n) is 5.75. The van der Waals surface area contributed by atoms with Crippen molar-refractivity contribution in [3.8, 4) is 11.1 Å². The van der Waals surface area contributed by atoms with Crippen molar-refractivity contribution in [3.63, 3.8) is 0 Å². The van der Waals surface area contributed by atoms with Crippen molar-refractivity contribution in [2.24, 2.45) is 0 Å². The number of aliphatic hydroxyl groups excluding tert-OH is 1. The Bertz CT molecular complexity index is 1360. The van der Waals surface area contributed by atoms with Gasteiger partial charge >= 0.3 is 6.36 Å². The minimum atomic E-state index is -4.61. The summed E-state index contributed by atoms with van der Waals surface area (Å²) >= 11 is 6.40. The number of carbonyl (C=O) groups excluding carboxylic acids is 1. The van der Waals surface area contributed by atoms with Crippen LogP contribution in [0.15, 0.2) is 48.7 Å². The summed E-state index contributed by atoms with van der Waals surface area (Å²) in [6.07, 6.45) is -4.40. The molecule has 0 aliphatic carbocycles. The SMILES string of the molecule is CO.O=Cc1cnn(C2CCCN(c3cc(Cl)ccc3-c3ccc(N4CCN(CCOC(F)(F)F)CC4)cc3)C2)c1C(F)F. The van der Waals surface area contributed by atoms with Crippen molar-refractivity contribution in [1.29, 1.82) is 0 Å². The number of hydrogen-bond acceptors (Lipinski definition) is 7. The van der Waals surface area contributed by atoms with Gasteiger partial charge in [-0.2, -0.15) is 5.10 Å². The van der Waals surface area contributed by atoms with Crippen LogP contribution in [0.5, 0.6) is 0 Å². The lowest BCUT2D eigenvalue weighted by molar-refractivity contribution is -0.325. The van der Waals surface area contributed by atoms with Gasteiger partial charge in [-0.3, -0.25) is 19.1 Å². The molecule has 44 heavy (non-hydrogen) atoms. The summed E-state index contributed by atoms with van der Waals surface area (Å²) in [6.45, 7) is 3.64. The molecule has 240 valence electrons. The maximum atomic E-state index is 13.8. The molecule has 3 aromatic rings. The smallest absolute Gasteiger partial charge is 0.400 e. The zero-order chi connectivity index (χ0) is 31.9. The summed E-state index contributed by atoms with van der Waals surface area (Å²) in [5.41, 5.74) is 3.37. The second kappa shape index (κ2) is 15.2. The van der Waals surface area contributed by atoms with Crippen molar-refractivity contribution in [2.75, 3.05) is 69.3 Å². The molecule has 2 fully saturated rings. The van der Waals surface area contributed by atoms with Gasteiger partial charge in [0.25, 0.3) is 6.43 Å². The molecule has 2 aliphatic heterocycles. The number of halogens is 6. The lowest BCUT2D eigenvalue weighted by atomic mass is 9.99. The van der Waals surface area contributed by atoms with E-state index in [0.29, 0.717) is 57.0 Å². The number of carbonyl (C=O) groups is 1. The average molecular weight is 644 g/mol. The fourth-order valence-corrected chi connectivity index (χ4v) is 5.91. The Balaban J connectivity index is 0.00000216. The Morgan fingerprint density at radius 1 is 1.05 bits per heavy atom. The summed E-state index contributed by atoms with van der Waals surface area (Å²) in [5, 5.41) is 11.7. The minimum absolute atomic E-state index is 0.0949. The Morgan fingerprint density at radius 2 is 1.75 bits per heavy atom. The maximum absolute atomic E-state index is 13.8. The minimum Gasteiger partial charge on any atom is -0.400 e. The van der Waals surface area contributed by atoms with Gasteiger partial charge in [-0.15, -0.1) is 13.2 Å². The van der Waals surface area contributed by atoms with E-state index in [0.717, 1.165) is 36.0 Å². The zero-order valence-corrected chi connectivity index (χ0v) is 24.9. The van der Waals surface area contributed by atoms with E-state index < -0.39 is 12.8 Å². The molecule has 2 aromatic carbocycles. The second-order valence-corrected chi connectivity index (χ2v) is 10.9. The van der Waals surface area contributed by atoms with Crippen LogP contribution in [0.4, 0.5) is 33.3 Å². The first-order chi connectivity index (χ1) is 21.1. The van der Waals surface area contributed by atoms with Crippen LogP contribution in [-0.2, 0) is 4.74 Å². The van der Waals surface area contributed by atoms with Crippen molar-refractivity contribution >= 4 is 29.3 Å². The number of piperazine rings is 1. The fraction of sp³-hybridized carbons (Fsp3) is 0.467. The number of aliphatic hydroxyl groups is 1. The summed E-state index contributed by atoms with van der Waals surface area (Å²) in [7, 11) is 1.00. The molecular weight excluding hydrogens is 609 g/mol. The molecule has 0 bridgehead atoms.